The van der Waals surface area contributed by atoms with Crippen molar-refractivity contribution in [1.82, 2.24) is 9.21 Å². The Labute approximate surface area is 188 Å². The van der Waals surface area contributed by atoms with Crippen LogP contribution in [0.3, 0.4) is 0 Å². The number of anilines is 1. The van der Waals surface area contributed by atoms with E-state index in [0.717, 1.165) is 17.3 Å². The SMILES string of the molecule is O=C(Nc1ccc(CN2C(=O)CSC2=O)cc1)C1CCCN(S(=O)(=O)c2cccs2)C1. The molecule has 1 aromatic carbocycles. The largest absolute Gasteiger partial charge is 0.326 e. The highest BCUT2D eigenvalue weighted by molar-refractivity contribution is 8.14. The lowest BCUT2D eigenvalue weighted by Gasteiger charge is -2.30. The maximum absolute atomic E-state index is 12.8. The van der Waals surface area contributed by atoms with Crippen LogP contribution in [-0.2, 0) is 26.2 Å². The number of thiophene rings is 1. The number of thioether (sulfide) groups is 1. The second-order valence-corrected chi connectivity index (χ2v) is 11.4. The average Bonchev–Trinajstić information content (AvgIpc) is 3.42. The van der Waals surface area contributed by atoms with Gasteiger partial charge in [0, 0.05) is 18.8 Å². The molecule has 0 saturated carbocycles. The van der Waals surface area contributed by atoms with Crippen molar-refractivity contribution in [3.63, 3.8) is 0 Å². The third-order valence-corrected chi connectivity index (χ3v) is 9.34. The average molecular weight is 480 g/mol. The quantitative estimate of drug-likeness (QED) is 0.683. The molecule has 3 heterocycles. The summed E-state index contributed by atoms with van der Waals surface area (Å²) in [6, 6.07) is 10.2. The van der Waals surface area contributed by atoms with Gasteiger partial charge in [-0.25, -0.2) is 8.42 Å². The maximum Gasteiger partial charge on any atom is 0.289 e. The first-order valence-corrected chi connectivity index (χ1v) is 13.1. The molecule has 2 aromatic rings. The van der Waals surface area contributed by atoms with E-state index < -0.39 is 15.9 Å². The van der Waals surface area contributed by atoms with Crippen molar-refractivity contribution in [3.05, 3.63) is 47.3 Å². The molecule has 2 fully saturated rings. The van der Waals surface area contributed by atoms with Gasteiger partial charge in [-0.15, -0.1) is 11.3 Å². The zero-order chi connectivity index (χ0) is 22.0. The first-order valence-electron chi connectivity index (χ1n) is 9.75. The number of amides is 3. The molecule has 2 saturated heterocycles. The lowest BCUT2D eigenvalue weighted by atomic mass is 9.98. The van der Waals surface area contributed by atoms with Gasteiger partial charge in [0.1, 0.15) is 4.21 Å². The van der Waals surface area contributed by atoms with E-state index in [-0.39, 0.29) is 40.1 Å². The Morgan fingerprint density at radius 2 is 1.94 bits per heavy atom. The number of sulfonamides is 1. The summed E-state index contributed by atoms with van der Waals surface area (Å²) in [5, 5.41) is 4.32. The summed E-state index contributed by atoms with van der Waals surface area (Å²) in [5.74, 6) is -0.681. The monoisotopic (exact) mass is 479 g/mol. The molecule has 8 nitrogen and oxygen atoms in total. The molecule has 0 bridgehead atoms. The van der Waals surface area contributed by atoms with Gasteiger partial charge in [0.05, 0.1) is 18.2 Å². The Morgan fingerprint density at radius 3 is 2.58 bits per heavy atom. The number of hydrogen-bond donors (Lipinski definition) is 1. The summed E-state index contributed by atoms with van der Waals surface area (Å²) in [5.41, 5.74) is 1.37. The number of piperidine rings is 1. The van der Waals surface area contributed by atoms with Gasteiger partial charge in [0.2, 0.25) is 11.8 Å². The van der Waals surface area contributed by atoms with Crippen LogP contribution in [0.2, 0.25) is 0 Å². The summed E-state index contributed by atoms with van der Waals surface area (Å²) < 4.78 is 27.2. The molecule has 0 radical (unpaired) electrons. The molecule has 1 N–H and O–H groups in total. The Hall–Kier alpha value is -2.21. The van der Waals surface area contributed by atoms with Crippen molar-refractivity contribution in [3.8, 4) is 0 Å². The Kier molecular flexibility index (Phi) is 6.47. The number of nitrogens with one attached hydrogen (secondary N) is 1. The van der Waals surface area contributed by atoms with Gasteiger partial charge in [-0.2, -0.15) is 4.31 Å². The summed E-state index contributed by atoms with van der Waals surface area (Å²) in [6.45, 7) is 0.767. The molecule has 1 unspecified atom stereocenters. The van der Waals surface area contributed by atoms with Crippen LogP contribution in [-0.4, -0.2) is 53.5 Å². The first kappa shape index (κ1) is 22.0. The molecule has 31 heavy (non-hydrogen) atoms. The molecule has 4 rings (SSSR count). The van der Waals surface area contributed by atoms with Crippen LogP contribution >= 0.6 is 23.1 Å². The van der Waals surface area contributed by atoms with E-state index in [2.05, 4.69) is 5.32 Å². The zero-order valence-corrected chi connectivity index (χ0v) is 19.0. The van der Waals surface area contributed by atoms with Crippen molar-refractivity contribution in [2.75, 3.05) is 24.2 Å². The van der Waals surface area contributed by atoms with E-state index in [9.17, 15) is 22.8 Å². The van der Waals surface area contributed by atoms with Crippen molar-refractivity contribution < 1.29 is 22.8 Å². The molecular weight excluding hydrogens is 458 g/mol. The Balaban J connectivity index is 1.36. The molecule has 0 spiro atoms. The maximum atomic E-state index is 12.8. The van der Waals surface area contributed by atoms with Crippen LogP contribution in [0.25, 0.3) is 0 Å². The topological polar surface area (TPSA) is 104 Å². The molecule has 2 aliphatic heterocycles. The smallest absolute Gasteiger partial charge is 0.289 e. The van der Waals surface area contributed by atoms with Gasteiger partial charge >= 0.3 is 0 Å². The second kappa shape index (κ2) is 9.11. The van der Waals surface area contributed by atoms with Gasteiger partial charge in [-0.05, 0) is 42.0 Å². The summed E-state index contributed by atoms with van der Waals surface area (Å²) >= 11 is 2.17. The van der Waals surface area contributed by atoms with Gasteiger partial charge in [0.15, 0.2) is 0 Å². The molecule has 1 atom stereocenters. The van der Waals surface area contributed by atoms with Crippen LogP contribution in [0.5, 0.6) is 0 Å². The molecule has 0 aliphatic carbocycles. The third kappa shape index (κ3) is 4.84. The van der Waals surface area contributed by atoms with E-state index in [1.54, 1.807) is 41.8 Å². The summed E-state index contributed by atoms with van der Waals surface area (Å²) in [6.07, 6.45) is 1.24. The zero-order valence-electron chi connectivity index (χ0n) is 16.5. The first-order chi connectivity index (χ1) is 14.8. The fraction of sp³-hybridized carbons (Fsp3) is 0.350. The molecule has 2 aliphatic rings. The standard InChI is InChI=1S/C20H21N3O5S3/c24-17-13-30-20(26)23(17)11-14-5-7-16(8-6-14)21-19(25)15-3-1-9-22(12-15)31(27,28)18-4-2-10-29-18/h2,4-8,10,15H,1,3,9,11-13H2,(H,21,25). The van der Waals surface area contributed by atoms with E-state index in [0.29, 0.717) is 25.1 Å². The molecule has 11 heteroatoms. The molecule has 1 aromatic heterocycles. The number of nitrogens with zero attached hydrogens (tertiary/aromatic N) is 2. The van der Waals surface area contributed by atoms with Crippen molar-refractivity contribution in [2.24, 2.45) is 5.92 Å². The van der Waals surface area contributed by atoms with E-state index in [1.807, 2.05) is 0 Å². The number of carbonyl (C=O) groups is 3. The van der Waals surface area contributed by atoms with Crippen molar-refractivity contribution in [1.29, 1.82) is 0 Å². The van der Waals surface area contributed by atoms with Crippen LogP contribution in [0.15, 0.2) is 46.0 Å². The highest BCUT2D eigenvalue weighted by Crippen LogP contribution is 2.27. The number of benzene rings is 1. The lowest BCUT2D eigenvalue weighted by Crippen LogP contribution is -2.43. The van der Waals surface area contributed by atoms with Crippen LogP contribution < -0.4 is 5.32 Å². The second-order valence-electron chi connectivity index (χ2n) is 7.35. The van der Waals surface area contributed by atoms with Crippen molar-refractivity contribution >= 4 is 55.9 Å². The minimum Gasteiger partial charge on any atom is -0.326 e. The highest BCUT2D eigenvalue weighted by atomic mass is 32.2. The predicted octanol–water partition coefficient (Wildman–Crippen LogP) is 2.98. The third-order valence-electron chi connectivity index (χ3n) is 5.25. The molecular formula is C20H21N3O5S3. The minimum atomic E-state index is -3.57. The normalized spacial score (nSPS) is 20.3. The number of hydrogen-bond acceptors (Lipinski definition) is 7. The highest BCUT2D eigenvalue weighted by Gasteiger charge is 2.34. The van der Waals surface area contributed by atoms with E-state index >= 15 is 0 Å². The fourth-order valence-electron chi connectivity index (χ4n) is 3.57. The number of imide groups is 1. The summed E-state index contributed by atoms with van der Waals surface area (Å²) in [4.78, 5) is 37.4. The molecule has 164 valence electrons. The van der Waals surface area contributed by atoms with Crippen molar-refractivity contribution in [2.45, 2.75) is 23.6 Å². The minimum absolute atomic E-state index is 0.154. The Morgan fingerprint density at radius 1 is 1.16 bits per heavy atom. The number of rotatable bonds is 6. The van der Waals surface area contributed by atoms with Gasteiger partial charge < -0.3 is 5.32 Å². The van der Waals surface area contributed by atoms with Crippen LogP contribution in [0.4, 0.5) is 10.5 Å². The van der Waals surface area contributed by atoms with Gasteiger partial charge in [-0.3, -0.25) is 19.3 Å². The molecule has 3 amide bonds. The Bertz CT molecular complexity index is 1070. The van der Waals surface area contributed by atoms with Gasteiger partial charge in [0.25, 0.3) is 15.3 Å². The van der Waals surface area contributed by atoms with Gasteiger partial charge in [-0.1, -0.05) is 30.0 Å². The summed E-state index contributed by atoms with van der Waals surface area (Å²) in [7, 11) is -3.57. The number of carbonyl (C=O) groups excluding carboxylic acids is 3. The predicted molar refractivity (Wildman–Crippen MR) is 119 cm³/mol. The van der Waals surface area contributed by atoms with Crippen LogP contribution in [0.1, 0.15) is 18.4 Å². The van der Waals surface area contributed by atoms with Crippen LogP contribution in [0, 0.1) is 5.92 Å². The fourth-order valence-corrected chi connectivity index (χ4v) is 6.96. The lowest BCUT2D eigenvalue weighted by molar-refractivity contribution is -0.125. The van der Waals surface area contributed by atoms with E-state index in [4.69, 9.17) is 0 Å². The van der Waals surface area contributed by atoms with E-state index in [1.165, 1.54) is 20.5 Å².